The summed E-state index contributed by atoms with van der Waals surface area (Å²) in [6.45, 7) is 2.10. The average molecular weight is 282 g/mol. The molecule has 0 N–H and O–H groups in total. The van der Waals surface area contributed by atoms with Crippen molar-refractivity contribution in [2.75, 3.05) is 11.9 Å². The van der Waals surface area contributed by atoms with Gasteiger partial charge >= 0.3 is 0 Å². The highest BCUT2D eigenvalue weighted by Gasteiger charge is 2.23. The third kappa shape index (κ3) is 2.08. The van der Waals surface area contributed by atoms with E-state index in [4.69, 9.17) is 11.6 Å². The van der Waals surface area contributed by atoms with E-state index < -0.39 is 0 Å². The molecule has 18 heavy (non-hydrogen) atoms. The summed E-state index contributed by atoms with van der Waals surface area (Å²) < 4.78 is 0. The van der Waals surface area contributed by atoms with E-state index in [0.717, 1.165) is 16.0 Å². The number of aryl methyl sites for hydroxylation is 1. The van der Waals surface area contributed by atoms with Crippen molar-refractivity contribution in [1.82, 2.24) is 9.97 Å². The Labute approximate surface area is 116 Å². The summed E-state index contributed by atoms with van der Waals surface area (Å²) in [5.74, 6) is 0.987. The van der Waals surface area contributed by atoms with Crippen LogP contribution in [0.2, 0.25) is 5.28 Å². The molecular formula is C13H16ClN3S. The number of nitrogens with zero attached hydrogens (tertiary/aromatic N) is 3. The van der Waals surface area contributed by atoms with Crippen LogP contribution in [0, 0.1) is 6.92 Å². The molecule has 1 aliphatic carbocycles. The van der Waals surface area contributed by atoms with Crippen LogP contribution in [-0.4, -0.2) is 23.1 Å². The fourth-order valence-electron chi connectivity index (χ4n) is 2.73. The summed E-state index contributed by atoms with van der Waals surface area (Å²) in [6, 6.07) is 2.76. The zero-order chi connectivity index (χ0) is 12.7. The van der Waals surface area contributed by atoms with E-state index >= 15 is 0 Å². The molecule has 0 saturated heterocycles. The first kappa shape index (κ1) is 12.2. The average Bonchev–Trinajstić information content (AvgIpc) is 2.94. The van der Waals surface area contributed by atoms with Gasteiger partial charge in [0, 0.05) is 18.0 Å². The van der Waals surface area contributed by atoms with Gasteiger partial charge in [-0.15, -0.1) is 11.3 Å². The molecule has 0 amide bonds. The lowest BCUT2D eigenvalue weighted by Gasteiger charge is -2.25. The van der Waals surface area contributed by atoms with Crippen LogP contribution in [0.3, 0.4) is 0 Å². The zero-order valence-corrected chi connectivity index (χ0v) is 12.2. The minimum atomic E-state index is 0.351. The van der Waals surface area contributed by atoms with Crippen molar-refractivity contribution in [2.24, 2.45) is 0 Å². The number of fused-ring (bicyclic) bond motifs is 1. The van der Waals surface area contributed by atoms with Gasteiger partial charge in [-0.05, 0) is 37.4 Å². The van der Waals surface area contributed by atoms with Gasteiger partial charge in [-0.2, -0.15) is 4.98 Å². The van der Waals surface area contributed by atoms with Gasteiger partial charge in [-0.25, -0.2) is 4.98 Å². The van der Waals surface area contributed by atoms with E-state index in [1.807, 2.05) is 0 Å². The number of halogens is 1. The zero-order valence-electron chi connectivity index (χ0n) is 10.6. The van der Waals surface area contributed by atoms with Crippen LogP contribution in [0.1, 0.15) is 30.6 Å². The van der Waals surface area contributed by atoms with Gasteiger partial charge in [0.25, 0.3) is 0 Å². The smallest absolute Gasteiger partial charge is 0.225 e. The third-order valence-corrected chi connectivity index (χ3v) is 4.79. The number of anilines is 1. The Kier molecular flexibility index (Phi) is 3.16. The molecule has 3 rings (SSSR count). The van der Waals surface area contributed by atoms with Crippen LogP contribution >= 0.6 is 22.9 Å². The second-order valence-corrected chi connectivity index (χ2v) is 6.51. The SMILES string of the molecule is Cc1cc2c(N(C)C3CCCC3)nc(Cl)nc2s1. The fourth-order valence-corrected chi connectivity index (χ4v) is 3.82. The van der Waals surface area contributed by atoms with E-state index in [1.165, 1.54) is 30.6 Å². The topological polar surface area (TPSA) is 29.0 Å². The lowest BCUT2D eigenvalue weighted by atomic mass is 10.2. The minimum absolute atomic E-state index is 0.351. The summed E-state index contributed by atoms with van der Waals surface area (Å²) in [5.41, 5.74) is 0. The van der Waals surface area contributed by atoms with Crippen LogP contribution in [0.15, 0.2) is 6.07 Å². The van der Waals surface area contributed by atoms with Crippen molar-refractivity contribution >= 4 is 39.0 Å². The predicted molar refractivity (Wildman–Crippen MR) is 77.8 cm³/mol. The molecular weight excluding hydrogens is 266 g/mol. The number of rotatable bonds is 2. The normalized spacial score (nSPS) is 16.6. The maximum Gasteiger partial charge on any atom is 0.225 e. The van der Waals surface area contributed by atoms with Gasteiger partial charge in [0.1, 0.15) is 10.6 Å². The largest absolute Gasteiger partial charge is 0.356 e. The first-order valence-corrected chi connectivity index (χ1v) is 7.51. The van der Waals surface area contributed by atoms with Crippen LogP contribution in [0.25, 0.3) is 10.2 Å². The number of thiophene rings is 1. The van der Waals surface area contributed by atoms with Crippen molar-refractivity contribution in [3.05, 3.63) is 16.2 Å². The quantitative estimate of drug-likeness (QED) is 0.778. The van der Waals surface area contributed by atoms with Crippen LogP contribution in [0.4, 0.5) is 5.82 Å². The molecule has 0 radical (unpaired) electrons. The van der Waals surface area contributed by atoms with E-state index in [0.29, 0.717) is 11.3 Å². The third-order valence-electron chi connectivity index (χ3n) is 3.68. The highest BCUT2D eigenvalue weighted by atomic mass is 35.5. The van der Waals surface area contributed by atoms with Gasteiger partial charge in [-0.3, -0.25) is 0 Å². The molecule has 5 heteroatoms. The summed E-state index contributed by atoms with van der Waals surface area (Å²) in [7, 11) is 2.13. The molecule has 1 saturated carbocycles. The molecule has 3 nitrogen and oxygen atoms in total. The molecule has 2 heterocycles. The van der Waals surface area contributed by atoms with E-state index in [2.05, 4.69) is 34.9 Å². The van der Waals surface area contributed by atoms with Gasteiger partial charge in [0.05, 0.1) is 5.39 Å². The molecule has 1 fully saturated rings. The Morgan fingerprint density at radius 1 is 1.33 bits per heavy atom. The molecule has 0 aliphatic heterocycles. The van der Waals surface area contributed by atoms with E-state index in [-0.39, 0.29) is 0 Å². The molecule has 0 atom stereocenters. The van der Waals surface area contributed by atoms with Gasteiger partial charge < -0.3 is 4.90 Å². The van der Waals surface area contributed by atoms with Gasteiger partial charge in [0.2, 0.25) is 5.28 Å². The van der Waals surface area contributed by atoms with E-state index in [9.17, 15) is 0 Å². The van der Waals surface area contributed by atoms with E-state index in [1.54, 1.807) is 11.3 Å². The number of hydrogen-bond donors (Lipinski definition) is 0. The summed E-state index contributed by atoms with van der Waals surface area (Å²) >= 11 is 7.72. The Morgan fingerprint density at radius 2 is 2.06 bits per heavy atom. The number of hydrogen-bond acceptors (Lipinski definition) is 4. The van der Waals surface area contributed by atoms with Crippen LogP contribution in [-0.2, 0) is 0 Å². The first-order chi connectivity index (χ1) is 8.65. The van der Waals surface area contributed by atoms with Gasteiger partial charge in [0.15, 0.2) is 0 Å². The van der Waals surface area contributed by atoms with Crippen molar-refractivity contribution in [2.45, 2.75) is 38.6 Å². The fraction of sp³-hybridized carbons (Fsp3) is 0.538. The Bertz CT molecular complexity index is 575. The Morgan fingerprint density at radius 3 is 2.78 bits per heavy atom. The maximum absolute atomic E-state index is 6.04. The standard InChI is InChI=1S/C13H16ClN3S/c1-8-7-10-11(15-13(14)16-12(10)18-8)17(2)9-5-3-4-6-9/h7,9H,3-6H2,1-2H3. The molecule has 1 aliphatic rings. The van der Waals surface area contributed by atoms with Crippen LogP contribution < -0.4 is 4.90 Å². The molecule has 96 valence electrons. The monoisotopic (exact) mass is 281 g/mol. The molecule has 2 aromatic rings. The van der Waals surface area contributed by atoms with Crippen molar-refractivity contribution in [3.8, 4) is 0 Å². The number of aromatic nitrogens is 2. The van der Waals surface area contributed by atoms with Crippen molar-refractivity contribution in [3.63, 3.8) is 0 Å². The second kappa shape index (κ2) is 4.67. The second-order valence-electron chi connectivity index (χ2n) is 4.94. The highest BCUT2D eigenvalue weighted by Crippen LogP contribution is 2.34. The highest BCUT2D eigenvalue weighted by molar-refractivity contribution is 7.18. The Balaban J connectivity index is 2.08. The molecule has 0 bridgehead atoms. The predicted octanol–water partition coefficient (Wildman–Crippen LogP) is 4.03. The minimum Gasteiger partial charge on any atom is -0.356 e. The summed E-state index contributed by atoms with van der Waals surface area (Å²) in [4.78, 5) is 13.3. The lowest BCUT2D eigenvalue weighted by Crippen LogP contribution is -2.29. The molecule has 0 unspecified atom stereocenters. The van der Waals surface area contributed by atoms with Crippen LogP contribution in [0.5, 0.6) is 0 Å². The maximum atomic E-state index is 6.04. The van der Waals surface area contributed by atoms with Gasteiger partial charge in [-0.1, -0.05) is 12.8 Å². The first-order valence-electron chi connectivity index (χ1n) is 6.31. The summed E-state index contributed by atoms with van der Waals surface area (Å²) in [6.07, 6.45) is 5.14. The van der Waals surface area contributed by atoms with Crippen molar-refractivity contribution < 1.29 is 0 Å². The molecule has 2 aromatic heterocycles. The lowest BCUT2D eigenvalue weighted by molar-refractivity contribution is 0.648. The van der Waals surface area contributed by atoms with Crippen molar-refractivity contribution in [1.29, 1.82) is 0 Å². The molecule has 0 spiro atoms. The summed E-state index contributed by atoms with van der Waals surface area (Å²) in [5, 5.41) is 1.49. The molecule has 0 aromatic carbocycles. The Hall–Kier alpha value is -0.870.